The summed E-state index contributed by atoms with van der Waals surface area (Å²) in [7, 11) is 0. The number of nitrogens with one attached hydrogen (secondary N) is 3. The van der Waals surface area contributed by atoms with Gasteiger partial charge in [0.15, 0.2) is 6.54 Å². The molecule has 2 amide bonds. The van der Waals surface area contributed by atoms with Gasteiger partial charge in [-0.05, 0) is 31.2 Å². The van der Waals surface area contributed by atoms with E-state index in [1.54, 1.807) is 49.6 Å². The van der Waals surface area contributed by atoms with Gasteiger partial charge in [0, 0.05) is 12.8 Å². The number of anilines is 1. The van der Waals surface area contributed by atoms with Crippen molar-refractivity contribution in [1.82, 2.24) is 5.32 Å². The second-order valence-corrected chi connectivity index (χ2v) is 7.31. The molecule has 1 aliphatic heterocycles. The predicted molar refractivity (Wildman–Crippen MR) is 110 cm³/mol. The maximum absolute atomic E-state index is 12.5. The van der Waals surface area contributed by atoms with Crippen molar-refractivity contribution in [2.75, 3.05) is 31.6 Å². The summed E-state index contributed by atoms with van der Waals surface area (Å²) in [6.45, 7) is 4.23. The van der Waals surface area contributed by atoms with Crippen LogP contribution in [0.4, 0.5) is 5.69 Å². The summed E-state index contributed by atoms with van der Waals surface area (Å²) in [6, 6.07) is 10.4. The number of ether oxygens (including phenoxy) is 1. The van der Waals surface area contributed by atoms with Crippen molar-refractivity contribution >= 4 is 23.5 Å². The maximum atomic E-state index is 12.5. The van der Waals surface area contributed by atoms with Gasteiger partial charge < -0.3 is 24.7 Å². The summed E-state index contributed by atoms with van der Waals surface area (Å²) in [5.41, 5.74) is 0.869. The van der Waals surface area contributed by atoms with Gasteiger partial charge in [-0.3, -0.25) is 14.4 Å². The summed E-state index contributed by atoms with van der Waals surface area (Å²) in [4.78, 5) is 38.0. The quantitative estimate of drug-likeness (QED) is 0.560. The Balaban J connectivity index is 1.51. The third-order valence-electron chi connectivity index (χ3n) is 5.17. The van der Waals surface area contributed by atoms with Crippen LogP contribution in [-0.2, 0) is 20.9 Å². The lowest BCUT2D eigenvalue weighted by molar-refractivity contribution is -0.897. The van der Waals surface area contributed by atoms with Gasteiger partial charge in [0.25, 0.3) is 11.8 Å². The fourth-order valence-corrected chi connectivity index (χ4v) is 3.59. The molecular weight excluding hydrogens is 386 g/mol. The fraction of sp³-hybridized carbons (Fsp3) is 0.409. The van der Waals surface area contributed by atoms with Crippen molar-refractivity contribution in [3.8, 4) is 0 Å². The third-order valence-corrected chi connectivity index (χ3v) is 5.17. The lowest BCUT2D eigenvalue weighted by Crippen LogP contribution is -3.14. The molecule has 2 aromatic rings. The van der Waals surface area contributed by atoms with E-state index in [4.69, 9.17) is 9.15 Å². The molecule has 0 unspecified atom stereocenters. The number of rotatable bonds is 8. The highest BCUT2D eigenvalue weighted by atomic mass is 16.5. The molecule has 1 aromatic heterocycles. The summed E-state index contributed by atoms with van der Waals surface area (Å²) in [5, 5.41) is 5.64. The van der Waals surface area contributed by atoms with Crippen molar-refractivity contribution in [3.05, 3.63) is 54.0 Å². The third kappa shape index (κ3) is 5.93. The van der Waals surface area contributed by atoms with Gasteiger partial charge in [0.2, 0.25) is 0 Å². The van der Waals surface area contributed by atoms with E-state index in [1.165, 1.54) is 0 Å². The molecule has 8 heteroatoms. The summed E-state index contributed by atoms with van der Waals surface area (Å²) in [6.07, 6.45) is 2.98. The topological polar surface area (TPSA) is 102 Å². The van der Waals surface area contributed by atoms with Crippen LogP contribution < -0.4 is 15.5 Å². The van der Waals surface area contributed by atoms with Crippen molar-refractivity contribution < 1.29 is 28.4 Å². The second kappa shape index (κ2) is 10.6. The number of carbonyl (C=O) groups excluding carboxylic acids is 3. The molecule has 0 saturated carbocycles. The van der Waals surface area contributed by atoms with E-state index in [0.717, 1.165) is 18.0 Å². The molecule has 3 N–H and O–H groups in total. The molecule has 0 bridgehead atoms. The van der Waals surface area contributed by atoms with Crippen LogP contribution in [0.5, 0.6) is 0 Å². The van der Waals surface area contributed by atoms with Crippen LogP contribution in [0.15, 0.2) is 47.1 Å². The first-order chi connectivity index (χ1) is 14.6. The molecule has 0 spiro atoms. The Hall–Kier alpha value is -3.13. The van der Waals surface area contributed by atoms with E-state index in [1.807, 2.05) is 0 Å². The van der Waals surface area contributed by atoms with Crippen LogP contribution in [0.1, 0.15) is 35.9 Å². The number of quaternary nitrogens is 1. The van der Waals surface area contributed by atoms with Crippen LogP contribution >= 0.6 is 0 Å². The van der Waals surface area contributed by atoms with Gasteiger partial charge >= 0.3 is 5.97 Å². The van der Waals surface area contributed by atoms with Gasteiger partial charge in [-0.15, -0.1) is 0 Å². The normalized spacial score (nSPS) is 18.4. The minimum Gasteiger partial charge on any atom is -0.467 e. The van der Waals surface area contributed by atoms with Crippen molar-refractivity contribution in [3.63, 3.8) is 0 Å². The maximum Gasteiger partial charge on any atom is 0.309 e. The number of esters is 1. The SMILES string of the molecule is CCOC(=O)C1CC[NH+](CC(=O)Nc2ccccc2C(=O)NCc2ccco2)CC1. The molecule has 8 nitrogen and oxygen atoms in total. The number of amides is 2. The Morgan fingerprint density at radius 1 is 1.13 bits per heavy atom. The molecule has 1 saturated heterocycles. The Kier molecular flexibility index (Phi) is 7.62. The van der Waals surface area contributed by atoms with Crippen molar-refractivity contribution in [2.45, 2.75) is 26.3 Å². The molecule has 0 radical (unpaired) electrons. The largest absolute Gasteiger partial charge is 0.467 e. The van der Waals surface area contributed by atoms with Crippen LogP contribution in [0.2, 0.25) is 0 Å². The minimum absolute atomic E-state index is 0.0738. The molecule has 0 atom stereocenters. The first-order valence-electron chi connectivity index (χ1n) is 10.3. The Morgan fingerprint density at radius 3 is 2.60 bits per heavy atom. The summed E-state index contributed by atoms with van der Waals surface area (Å²) >= 11 is 0. The van der Waals surface area contributed by atoms with Crippen LogP contribution in [-0.4, -0.2) is 44.0 Å². The Labute approximate surface area is 175 Å². The highest BCUT2D eigenvalue weighted by Gasteiger charge is 2.29. The van der Waals surface area contributed by atoms with E-state index >= 15 is 0 Å². The predicted octanol–water partition coefficient (Wildman–Crippen LogP) is 1.01. The smallest absolute Gasteiger partial charge is 0.309 e. The van der Waals surface area contributed by atoms with Crippen LogP contribution in [0, 0.1) is 5.92 Å². The molecule has 2 heterocycles. The van der Waals surface area contributed by atoms with Crippen molar-refractivity contribution in [1.29, 1.82) is 0 Å². The molecular formula is C22H28N3O5+. The lowest BCUT2D eigenvalue weighted by Gasteiger charge is -2.27. The monoisotopic (exact) mass is 414 g/mol. The fourth-order valence-electron chi connectivity index (χ4n) is 3.59. The summed E-state index contributed by atoms with van der Waals surface area (Å²) < 4.78 is 10.3. The zero-order chi connectivity index (χ0) is 21.3. The zero-order valence-electron chi connectivity index (χ0n) is 17.1. The molecule has 30 heavy (non-hydrogen) atoms. The van der Waals surface area contributed by atoms with E-state index in [-0.39, 0.29) is 36.8 Å². The minimum atomic E-state index is -0.287. The van der Waals surface area contributed by atoms with Gasteiger partial charge in [-0.25, -0.2) is 0 Å². The Morgan fingerprint density at radius 2 is 1.90 bits per heavy atom. The standard InChI is InChI=1S/C22H27N3O5/c1-2-29-22(28)16-9-11-25(12-10-16)15-20(26)24-19-8-4-3-7-18(19)21(27)23-14-17-6-5-13-30-17/h3-8,13,16H,2,9-12,14-15H2,1H3,(H,23,27)(H,24,26)/p+1. The zero-order valence-corrected chi connectivity index (χ0v) is 17.1. The lowest BCUT2D eigenvalue weighted by atomic mass is 9.97. The molecule has 1 fully saturated rings. The highest BCUT2D eigenvalue weighted by Crippen LogP contribution is 2.15. The van der Waals surface area contributed by atoms with Gasteiger partial charge in [-0.1, -0.05) is 12.1 Å². The van der Waals surface area contributed by atoms with Crippen molar-refractivity contribution in [2.24, 2.45) is 5.92 Å². The van der Waals surface area contributed by atoms with Gasteiger partial charge in [-0.2, -0.15) is 0 Å². The second-order valence-electron chi connectivity index (χ2n) is 7.31. The molecule has 1 aliphatic rings. The molecule has 0 aliphatic carbocycles. The number of hydrogen-bond donors (Lipinski definition) is 3. The van der Waals surface area contributed by atoms with Gasteiger partial charge in [0.05, 0.1) is 49.7 Å². The number of likely N-dealkylation sites (tertiary alicyclic amines) is 1. The number of para-hydroxylation sites is 1. The molecule has 3 rings (SSSR count). The molecule has 1 aromatic carbocycles. The first-order valence-corrected chi connectivity index (χ1v) is 10.3. The van der Waals surface area contributed by atoms with E-state index in [2.05, 4.69) is 10.6 Å². The summed E-state index contributed by atoms with van der Waals surface area (Å²) in [5.74, 6) is -0.0127. The van der Waals surface area contributed by atoms with E-state index in [9.17, 15) is 14.4 Å². The first kappa shape index (κ1) is 21.6. The van der Waals surface area contributed by atoms with E-state index in [0.29, 0.717) is 36.5 Å². The molecule has 160 valence electrons. The number of benzene rings is 1. The van der Waals surface area contributed by atoms with Gasteiger partial charge in [0.1, 0.15) is 5.76 Å². The number of hydrogen-bond acceptors (Lipinski definition) is 5. The number of furan rings is 1. The average Bonchev–Trinajstić information content (AvgIpc) is 3.27. The number of carbonyl (C=O) groups is 3. The van der Waals surface area contributed by atoms with Crippen LogP contribution in [0.3, 0.4) is 0 Å². The highest BCUT2D eigenvalue weighted by molar-refractivity contribution is 6.03. The Bertz CT molecular complexity index is 857. The van der Waals surface area contributed by atoms with Crippen LogP contribution in [0.25, 0.3) is 0 Å². The average molecular weight is 414 g/mol. The van der Waals surface area contributed by atoms with E-state index < -0.39 is 0 Å². The number of piperidine rings is 1.